The minimum atomic E-state index is 0.503. The first-order valence-electron chi connectivity index (χ1n) is 6.29. The molecular weight excluding hydrogens is 196 g/mol. The Hall–Kier alpha value is -0.980. The number of hydrogen-bond acceptors (Lipinski definition) is 1. The molecule has 1 aromatic carbocycles. The Labute approximate surface area is 99.5 Å². The van der Waals surface area contributed by atoms with Gasteiger partial charge in [-0.1, -0.05) is 33.8 Å². The fourth-order valence-corrected chi connectivity index (χ4v) is 2.23. The lowest BCUT2D eigenvalue weighted by Gasteiger charge is -2.16. The highest BCUT2D eigenvalue weighted by atomic mass is 16.3. The van der Waals surface area contributed by atoms with E-state index in [0.29, 0.717) is 5.75 Å². The Morgan fingerprint density at radius 1 is 1.00 bits per heavy atom. The molecule has 0 saturated carbocycles. The molecule has 0 spiro atoms. The van der Waals surface area contributed by atoms with Gasteiger partial charge in [0.25, 0.3) is 0 Å². The molecular formula is C15H22O. The van der Waals surface area contributed by atoms with Crippen molar-refractivity contribution in [1.82, 2.24) is 0 Å². The van der Waals surface area contributed by atoms with Gasteiger partial charge < -0.3 is 5.11 Å². The van der Waals surface area contributed by atoms with Crippen LogP contribution in [-0.4, -0.2) is 5.11 Å². The van der Waals surface area contributed by atoms with E-state index in [9.17, 15) is 5.11 Å². The van der Waals surface area contributed by atoms with Gasteiger partial charge >= 0.3 is 0 Å². The summed E-state index contributed by atoms with van der Waals surface area (Å²) >= 11 is 0. The predicted molar refractivity (Wildman–Crippen MR) is 68.9 cm³/mol. The molecule has 1 heteroatoms. The average molecular weight is 218 g/mol. The molecule has 1 aromatic rings. The van der Waals surface area contributed by atoms with E-state index in [0.717, 1.165) is 36.8 Å². The SMILES string of the molecule is CC[C]c1cc(CC)c(O)c(CC)c1CC. The molecule has 0 bridgehead atoms. The molecule has 0 fully saturated rings. The van der Waals surface area contributed by atoms with Crippen LogP contribution in [0.4, 0.5) is 0 Å². The van der Waals surface area contributed by atoms with Gasteiger partial charge in [-0.3, -0.25) is 0 Å². The fourth-order valence-electron chi connectivity index (χ4n) is 2.23. The van der Waals surface area contributed by atoms with Gasteiger partial charge in [-0.2, -0.15) is 0 Å². The number of rotatable bonds is 5. The molecule has 16 heavy (non-hydrogen) atoms. The largest absolute Gasteiger partial charge is 0.507 e. The van der Waals surface area contributed by atoms with Crippen LogP contribution in [0.25, 0.3) is 0 Å². The standard InChI is InChI=1S/C15H22O/c1-5-9-12-10-11(6-2)15(16)14(8-4)13(12)7-3/h10,16H,5-8H2,1-4H3. The molecule has 1 rings (SSSR count). The number of aryl methyl sites for hydroxylation is 1. The number of benzene rings is 1. The maximum atomic E-state index is 10.2. The topological polar surface area (TPSA) is 20.2 Å². The number of aromatic hydroxyl groups is 1. The van der Waals surface area contributed by atoms with Crippen LogP contribution in [-0.2, 0) is 19.3 Å². The number of phenols is 1. The lowest BCUT2D eigenvalue weighted by Crippen LogP contribution is -2.01. The Morgan fingerprint density at radius 3 is 2.06 bits per heavy atom. The summed E-state index contributed by atoms with van der Waals surface area (Å²) in [5.74, 6) is 0.503. The highest BCUT2D eigenvalue weighted by molar-refractivity contribution is 5.52. The van der Waals surface area contributed by atoms with Crippen LogP contribution in [0.2, 0.25) is 0 Å². The van der Waals surface area contributed by atoms with Crippen molar-refractivity contribution in [3.8, 4) is 5.75 Å². The maximum Gasteiger partial charge on any atom is 0.122 e. The summed E-state index contributed by atoms with van der Waals surface area (Å²) in [7, 11) is 0. The molecule has 0 heterocycles. The smallest absolute Gasteiger partial charge is 0.122 e. The third kappa shape index (κ3) is 2.40. The van der Waals surface area contributed by atoms with E-state index in [2.05, 4.69) is 40.2 Å². The van der Waals surface area contributed by atoms with Crippen LogP contribution in [0, 0.1) is 6.42 Å². The first-order valence-corrected chi connectivity index (χ1v) is 6.29. The zero-order valence-electron chi connectivity index (χ0n) is 10.9. The van der Waals surface area contributed by atoms with Crippen LogP contribution in [0.15, 0.2) is 6.07 Å². The van der Waals surface area contributed by atoms with Crippen LogP contribution in [0.1, 0.15) is 56.4 Å². The van der Waals surface area contributed by atoms with Gasteiger partial charge in [-0.25, -0.2) is 0 Å². The van der Waals surface area contributed by atoms with E-state index in [4.69, 9.17) is 0 Å². The lowest BCUT2D eigenvalue weighted by molar-refractivity contribution is 0.461. The van der Waals surface area contributed by atoms with E-state index in [1.165, 1.54) is 11.1 Å². The van der Waals surface area contributed by atoms with Crippen LogP contribution >= 0.6 is 0 Å². The van der Waals surface area contributed by atoms with E-state index in [1.807, 2.05) is 0 Å². The van der Waals surface area contributed by atoms with E-state index in [1.54, 1.807) is 0 Å². The van der Waals surface area contributed by atoms with E-state index < -0.39 is 0 Å². The van der Waals surface area contributed by atoms with Crippen LogP contribution in [0.5, 0.6) is 5.75 Å². The predicted octanol–water partition coefficient (Wildman–Crippen LogP) is 3.92. The van der Waals surface area contributed by atoms with Crippen LogP contribution < -0.4 is 0 Å². The maximum absolute atomic E-state index is 10.2. The second kappa shape index (κ2) is 5.93. The second-order valence-electron chi connectivity index (χ2n) is 3.98. The van der Waals surface area contributed by atoms with Gasteiger partial charge in [0.1, 0.15) is 5.75 Å². The summed E-state index contributed by atoms with van der Waals surface area (Å²) in [4.78, 5) is 0. The average Bonchev–Trinajstić information content (AvgIpc) is 2.30. The highest BCUT2D eigenvalue weighted by Gasteiger charge is 2.14. The van der Waals surface area contributed by atoms with Gasteiger partial charge in [-0.05, 0) is 47.9 Å². The van der Waals surface area contributed by atoms with Crippen molar-refractivity contribution in [1.29, 1.82) is 0 Å². The van der Waals surface area contributed by atoms with Crippen molar-refractivity contribution in [3.63, 3.8) is 0 Å². The Morgan fingerprint density at radius 2 is 1.62 bits per heavy atom. The van der Waals surface area contributed by atoms with Crippen molar-refractivity contribution in [3.05, 3.63) is 34.7 Å². The van der Waals surface area contributed by atoms with Gasteiger partial charge in [0, 0.05) is 6.42 Å². The molecule has 0 aromatic heterocycles. The normalized spacial score (nSPS) is 10.8. The minimum Gasteiger partial charge on any atom is -0.507 e. The monoisotopic (exact) mass is 218 g/mol. The number of hydrogen-bond donors (Lipinski definition) is 1. The van der Waals surface area contributed by atoms with Crippen molar-refractivity contribution in [2.24, 2.45) is 0 Å². The van der Waals surface area contributed by atoms with Gasteiger partial charge in [-0.15, -0.1) is 0 Å². The molecule has 1 nitrogen and oxygen atoms in total. The number of phenolic OH excluding ortho intramolecular Hbond substituents is 1. The zero-order chi connectivity index (χ0) is 12.1. The van der Waals surface area contributed by atoms with E-state index in [-0.39, 0.29) is 0 Å². The minimum absolute atomic E-state index is 0.503. The molecule has 0 saturated heterocycles. The second-order valence-corrected chi connectivity index (χ2v) is 3.98. The summed E-state index contributed by atoms with van der Waals surface area (Å²) in [6.45, 7) is 8.42. The summed E-state index contributed by atoms with van der Waals surface area (Å²) in [6, 6.07) is 2.09. The Kier molecular flexibility index (Phi) is 4.85. The summed E-state index contributed by atoms with van der Waals surface area (Å²) in [6.07, 6.45) is 7.04. The molecule has 0 aliphatic carbocycles. The zero-order valence-corrected chi connectivity index (χ0v) is 10.9. The Bertz CT molecular complexity index is 353. The summed E-state index contributed by atoms with van der Waals surface area (Å²) < 4.78 is 0. The highest BCUT2D eigenvalue weighted by Crippen LogP contribution is 2.31. The van der Waals surface area contributed by atoms with E-state index >= 15 is 0 Å². The van der Waals surface area contributed by atoms with Gasteiger partial charge in [0.15, 0.2) is 0 Å². The molecule has 0 aliphatic rings. The van der Waals surface area contributed by atoms with Crippen molar-refractivity contribution in [2.45, 2.75) is 53.4 Å². The molecule has 0 atom stereocenters. The van der Waals surface area contributed by atoms with Crippen molar-refractivity contribution < 1.29 is 5.11 Å². The molecule has 0 aliphatic heterocycles. The van der Waals surface area contributed by atoms with Gasteiger partial charge in [0.2, 0.25) is 0 Å². The first kappa shape index (κ1) is 13.1. The molecule has 1 N–H and O–H groups in total. The Balaban J connectivity index is 3.37. The molecule has 0 unspecified atom stereocenters. The van der Waals surface area contributed by atoms with Crippen molar-refractivity contribution >= 4 is 0 Å². The molecule has 0 amide bonds. The fraction of sp³-hybridized carbons (Fsp3) is 0.533. The summed E-state index contributed by atoms with van der Waals surface area (Å²) in [5.41, 5.74) is 4.61. The first-order chi connectivity index (χ1) is 7.69. The van der Waals surface area contributed by atoms with Crippen LogP contribution in [0.3, 0.4) is 0 Å². The third-order valence-corrected chi connectivity index (χ3v) is 3.05. The molecule has 88 valence electrons. The lowest BCUT2D eigenvalue weighted by atomic mass is 9.90. The summed E-state index contributed by atoms with van der Waals surface area (Å²) in [5, 5.41) is 10.2. The molecule has 2 radical (unpaired) electrons. The van der Waals surface area contributed by atoms with Crippen molar-refractivity contribution in [2.75, 3.05) is 0 Å². The van der Waals surface area contributed by atoms with Gasteiger partial charge in [0.05, 0.1) is 0 Å². The quantitative estimate of drug-likeness (QED) is 0.794. The third-order valence-electron chi connectivity index (χ3n) is 3.05.